The van der Waals surface area contributed by atoms with Gasteiger partial charge in [0.1, 0.15) is 11.5 Å². The molecule has 0 aliphatic heterocycles. The van der Waals surface area contributed by atoms with Gasteiger partial charge in [0.25, 0.3) is 0 Å². The summed E-state index contributed by atoms with van der Waals surface area (Å²) in [5, 5.41) is 10.5. The molecule has 0 spiro atoms. The van der Waals surface area contributed by atoms with Gasteiger partial charge in [0.2, 0.25) is 5.78 Å². The number of aryl methyl sites for hydroxylation is 1. The summed E-state index contributed by atoms with van der Waals surface area (Å²) in [6.45, 7) is 5.00. The van der Waals surface area contributed by atoms with Gasteiger partial charge >= 0.3 is 5.97 Å². The van der Waals surface area contributed by atoms with Crippen LogP contribution in [0.2, 0.25) is 10.0 Å². The molecule has 0 bridgehead atoms. The lowest BCUT2D eigenvalue weighted by Gasteiger charge is -2.25. The van der Waals surface area contributed by atoms with E-state index in [2.05, 4.69) is 36.2 Å². The van der Waals surface area contributed by atoms with Gasteiger partial charge in [0.05, 0.1) is 5.56 Å². The van der Waals surface area contributed by atoms with Gasteiger partial charge < -0.3 is 19.5 Å². The van der Waals surface area contributed by atoms with E-state index in [0.717, 1.165) is 36.0 Å². The molecule has 0 amide bonds. The molecule has 0 heterocycles. The number of carbonyl (C=O) groups is 2. The Kier molecular flexibility index (Phi) is 11.5. The van der Waals surface area contributed by atoms with Crippen LogP contribution in [-0.2, 0) is 11.2 Å². The Morgan fingerprint density at radius 2 is 1.32 bits per heavy atom. The van der Waals surface area contributed by atoms with Gasteiger partial charge in [0.15, 0.2) is 12.2 Å². The van der Waals surface area contributed by atoms with E-state index in [1.165, 1.54) is 41.0 Å². The normalized spacial score (nSPS) is 11.5. The van der Waals surface area contributed by atoms with Crippen LogP contribution in [0.3, 0.4) is 0 Å². The Balaban J connectivity index is 1.26. The van der Waals surface area contributed by atoms with Gasteiger partial charge in [-0.2, -0.15) is 0 Å². The van der Waals surface area contributed by atoms with Crippen molar-refractivity contribution in [1.29, 1.82) is 0 Å². The molecule has 4 rings (SSSR count). The minimum Gasteiger partial charge on any atom is -0.486 e. The number of nitrogens with zero attached hydrogens (tertiary/aromatic N) is 1. The van der Waals surface area contributed by atoms with E-state index in [1.54, 1.807) is 13.8 Å². The summed E-state index contributed by atoms with van der Waals surface area (Å²) >= 11 is 12.3. The number of ketones is 1. The highest BCUT2D eigenvalue weighted by molar-refractivity contribution is 6.30. The summed E-state index contributed by atoms with van der Waals surface area (Å²) < 4.78 is 11.6. The summed E-state index contributed by atoms with van der Waals surface area (Å²) in [6, 6.07) is 29.8. The summed E-state index contributed by atoms with van der Waals surface area (Å²) in [5.74, 6) is -0.0418. The molecule has 0 aromatic heterocycles. The van der Waals surface area contributed by atoms with E-state index < -0.39 is 11.6 Å². The predicted molar refractivity (Wildman–Crippen MR) is 176 cm³/mol. The zero-order valence-electron chi connectivity index (χ0n) is 25.1. The molecule has 44 heavy (non-hydrogen) atoms. The molecule has 0 fully saturated rings. The molecular formula is C36H37Cl2NO5. The molecule has 0 unspecified atom stereocenters. The van der Waals surface area contributed by atoms with E-state index >= 15 is 0 Å². The van der Waals surface area contributed by atoms with Gasteiger partial charge in [-0.25, -0.2) is 4.79 Å². The molecule has 8 heteroatoms. The summed E-state index contributed by atoms with van der Waals surface area (Å²) in [7, 11) is 2.14. The fourth-order valence-corrected chi connectivity index (χ4v) is 5.09. The first kappa shape index (κ1) is 33.1. The van der Waals surface area contributed by atoms with Crippen molar-refractivity contribution in [1.82, 2.24) is 4.90 Å². The zero-order valence-corrected chi connectivity index (χ0v) is 26.6. The number of carbonyl (C=O) groups excluding carboxylic acids is 1. The molecule has 0 atom stereocenters. The fraction of sp³-hybridized carbons (Fsp3) is 0.278. The number of hydrogen-bond acceptors (Lipinski definition) is 5. The highest BCUT2D eigenvalue weighted by Crippen LogP contribution is 2.28. The first-order valence-corrected chi connectivity index (χ1v) is 15.2. The second-order valence-corrected chi connectivity index (χ2v) is 12.2. The van der Waals surface area contributed by atoms with E-state index in [4.69, 9.17) is 37.8 Å². The first-order chi connectivity index (χ1) is 21.0. The van der Waals surface area contributed by atoms with E-state index in [0.29, 0.717) is 11.5 Å². The van der Waals surface area contributed by atoms with Crippen molar-refractivity contribution in [2.24, 2.45) is 0 Å². The van der Waals surface area contributed by atoms with Gasteiger partial charge in [0, 0.05) is 22.5 Å². The molecule has 0 radical (unpaired) electrons. The number of ether oxygens (including phenoxy) is 2. The highest BCUT2D eigenvalue weighted by Gasteiger charge is 2.30. The summed E-state index contributed by atoms with van der Waals surface area (Å²) in [6.07, 6.45) is 1.90. The Hall–Kier alpha value is -3.84. The van der Waals surface area contributed by atoms with Gasteiger partial charge in [-0.05, 0) is 118 Å². The van der Waals surface area contributed by atoms with Gasteiger partial charge in [-0.1, -0.05) is 59.6 Å². The van der Waals surface area contributed by atoms with Gasteiger partial charge in [-0.3, -0.25) is 4.79 Å². The largest absolute Gasteiger partial charge is 0.486 e. The lowest BCUT2D eigenvalue weighted by atomic mass is 9.91. The Bertz CT molecular complexity index is 1470. The zero-order chi connectivity index (χ0) is 31.7. The number of rotatable bonds is 15. The van der Waals surface area contributed by atoms with Crippen LogP contribution in [0.4, 0.5) is 0 Å². The van der Waals surface area contributed by atoms with Gasteiger partial charge in [-0.15, -0.1) is 0 Å². The van der Waals surface area contributed by atoms with Crippen LogP contribution < -0.4 is 9.47 Å². The predicted octanol–water partition coefficient (Wildman–Crippen LogP) is 8.19. The second-order valence-electron chi connectivity index (χ2n) is 11.3. The Morgan fingerprint density at radius 1 is 0.795 bits per heavy atom. The smallest absolute Gasteiger partial charge is 0.335 e. The topological polar surface area (TPSA) is 76.1 Å². The molecule has 4 aromatic rings. The molecule has 0 saturated heterocycles. The van der Waals surface area contributed by atoms with Crippen LogP contribution in [0.1, 0.15) is 53.2 Å². The van der Waals surface area contributed by atoms with Crippen LogP contribution >= 0.6 is 23.2 Å². The lowest BCUT2D eigenvalue weighted by molar-refractivity contribution is -0.134. The second kappa shape index (κ2) is 15.2. The number of halogens is 2. The maximum Gasteiger partial charge on any atom is 0.335 e. The molecule has 0 aliphatic rings. The third kappa shape index (κ3) is 9.58. The number of hydrogen-bond donors (Lipinski definition) is 1. The maximum absolute atomic E-state index is 12.8. The van der Waals surface area contributed by atoms with Crippen molar-refractivity contribution >= 4 is 35.0 Å². The average Bonchev–Trinajstić information content (AvgIpc) is 3.00. The third-order valence-corrected chi connectivity index (χ3v) is 7.99. The van der Waals surface area contributed by atoms with Crippen molar-refractivity contribution in [2.75, 3.05) is 26.7 Å². The summed E-state index contributed by atoms with van der Waals surface area (Å²) in [5.41, 5.74) is 2.66. The number of benzene rings is 4. The Labute approximate surface area is 269 Å². The highest BCUT2D eigenvalue weighted by atomic mass is 35.5. The minimum absolute atomic E-state index is 0.153. The van der Waals surface area contributed by atoms with Crippen LogP contribution in [0.15, 0.2) is 97.1 Å². The number of carboxylic acid groups (broad SMARTS) is 1. The molecular weight excluding hydrogens is 597 g/mol. The van der Waals surface area contributed by atoms with Crippen LogP contribution in [-0.4, -0.2) is 54.1 Å². The lowest BCUT2D eigenvalue weighted by Crippen LogP contribution is -2.41. The minimum atomic E-state index is -1.10. The summed E-state index contributed by atoms with van der Waals surface area (Å²) in [4.78, 5) is 26.2. The van der Waals surface area contributed by atoms with E-state index in [-0.39, 0.29) is 23.9 Å². The molecule has 230 valence electrons. The molecule has 1 N–H and O–H groups in total. The van der Waals surface area contributed by atoms with E-state index in [1.807, 2.05) is 48.5 Å². The first-order valence-electron chi connectivity index (χ1n) is 14.5. The standard InChI is InChI=1S/C36H37Cl2NO5/c1-36(2,34(40)24-43-31-20-12-28(13-21-31)35(41)42)44-32-18-6-25(7-19-32)5-4-22-39(3)23-33(26-8-14-29(37)15-9-26)27-10-16-30(38)17-11-27/h6-21,33H,4-5,22-24H2,1-3H3,(H,41,42). The molecule has 0 saturated carbocycles. The van der Waals surface area contributed by atoms with Crippen molar-refractivity contribution in [2.45, 2.75) is 38.2 Å². The van der Waals surface area contributed by atoms with Crippen LogP contribution in [0.5, 0.6) is 11.5 Å². The van der Waals surface area contributed by atoms with Crippen LogP contribution in [0, 0.1) is 0 Å². The average molecular weight is 635 g/mol. The molecule has 0 aliphatic carbocycles. The van der Waals surface area contributed by atoms with Crippen molar-refractivity contribution in [3.05, 3.63) is 129 Å². The quantitative estimate of drug-likeness (QED) is 0.142. The number of likely N-dealkylation sites (N-methyl/N-ethyl adjacent to an activating group) is 1. The van der Waals surface area contributed by atoms with Crippen molar-refractivity contribution < 1.29 is 24.2 Å². The maximum atomic E-state index is 12.8. The third-order valence-electron chi connectivity index (χ3n) is 7.48. The monoisotopic (exact) mass is 633 g/mol. The number of aromatic carboxylic acids is 1. The number of Topliss-reactive ketones (excluding diaryl/α,β-unsaturated/α-hetero) is 1. The van der Waals surface area contributed by atoms with Crippen LogP contribution in [0.25, 0.3) is 0 Å². The van der Waals surface area contributed by atoms with Crippen molar-refractivity contribution in [3.63, 3.8) is 0 Å². The number of carboxylic acids is 1. The fourth-order valence-electron chi connectivity index (χ4n) is 4.84. The van der Waals surface area contributed by atoms with E-state index in [9.17, 15) is 9.59 Å². The van der Waals surface area contributed by atoms with Crippen molar-refractivity contribution in [3.8, 4) is 11.5 Å². The molecule has 4 aromatic carbocycles. The molecule has 6 nitrogen and oxygen atoms in total. The SMILES string of the molecule is CN(CCCc1ccc(OC(C)(C)C(=O)COc2ccc(C(=O)O)cc2)cc1)CC(c1ccc(Cl)cc1)c1ccc(Cl)cc1. The Morgan fingerprint density at radius 3 is 1.84 bits per heavy atom.